The second kappa shape index (κ2) is 7.33. The van der Waals surface area contributed by atoms with Crippen molar-refractivity contribution in [3.63, 3.8) is 0 Å². The highest BCUT2D eigenvalue weighted by Gasteiger charge is 2.18. The topological polar surface area (TPSA) is 12.0 Å². The fourth-order valence-electron chi connectivity index (χ4n) is 3.20. The number of benzene rings is 1. The maximum Gasteiger partial charge on any atom is 0.0291 e. The van der Waals surface area contributed by atoms with Crippen LogP contribution in [0.25, 0.3) is 0 Å². The van der Waals surface area contributed by atoms with Crippen LogP contribution in [0.3, 0.4) is 0 Å². The Morgan fingerprint density at radius 2 is 2.00 bits per heavy atom. The third-order valence-electron chi connectivity index (χ3n) is 4.21. The molecule has 3 unspecified atom stereocenters. The van der Waals surface area contributed by atoms with Crippen molar-refractivity contribution in [3.8, 4) is 0 Å². The van der Waals surface area contributed by atoms with Crippen LogP contribution in [0.1, 0.15) is 45.2 Å². The molecule has 0 bridgehead atoms. The number of hydrogen-bond donors (Lipinski definition) is 1. The van der Waals surface area contributed by atoms with E-state index in [-0.39, 0.29) is 0 Å². The SMILES string of the molecule is CSc1ccc(C(C)NCC2CC(C)=CC(C)C2)cc1. The van der Waals surface area contributed by atoms with Crippen molar-refractivity contribution in [3.05, 3.63) is 41.5 Å². The number of nitrogens with one attached hydrogen (secondary N) is 1. The van der Waals surface area contributed by atoms with E-state index in [1.807, 2.05) is 0 Å². The lowest BCUT2D eigenvalue weighted by Gasteiger charge is -2.27. The van der Waals surface area contributed by atoms with Gasteiger partial charge in [-0.05, 0) is 69.0 Å². The van der Waals surface area contributed by atoms with E-state index in [2.05, 4.69) is 62.7 Å². The molecule has 110 valence electrons. The average molecular weight is 289 g/mol. The minimum Gasteiger partial charge on any atom is -0.310 e. The first-order valence-electron chi connectivity index (χ1n) is 7.63. The van der Waals surface area contributed by atoms with Crippen LogP contribution in [-0.2, 0) is 0 Å². The first kappa shape index (κ1) is 15.7. The zero-order chi connectivity index (χ0) is 14.5. The van der Waals surface area contributed by atoms with E-state index in [4.69, 9.17) is 0 Å². The van der Waals surface area contributed by atoms with Crippen molar-refractivity contribution in [2.24, 2.45) is 11.8 Å². The standard InChI is InChI=1S/C18H27NS/c1-13-9-14(2)11-16(10-13)12-19-15(3)17-5-7-18(20-4)8-6-17/h5-9,13,15-16,19H,10-12H2,1-4H3. The Kier molecular flexibility index (Phi) is 5.74. The molecule has 0 amide bonds. The van der Waals surface area contributed by atoms with Crippen LogP contribution >= 0.6 is 11.8 Å². The van der Waals surface area contributed by atoms with Gasteiger partial charge in [0, 0.05) is 10.9 Å². The van der Waals surface area contributed by atoms with Gasteiger partial charge >= 0.3 is 0 Å². The third-order valence-corrected chi connectivity index (χ3v) is 4.96. The van der Waals surface area contributed by atoms with Crippen LogP contribution in [-0.4, -0.2) is 12.8 Å². The smallest absolute Gasteiger partial charge is 0.0291 e. The maximum absolute atomic E-state index is 3.71. The molecule has 2 rings (SSSR count). The van der Waals surface area contributed by atoms with Crippen molar-refractivity contribution >= 4 is 11.8 Å². The highest BCUT2D eigenvalue weighted by Crippen LogP contribution is 2.28. The lowest BCUT2D eigenvalue weighted by molar-refractivity contribution is 0.366. The molecule has 1 aliphatic rings. The molecule has 0 saturated heterocycles. The Morgan fingerprint density at radius 1 is 1.30 bits per heavy atom. The highest BCUT2D eigenvalue weighted by atomic mass is 32.2. The summed E-state index contributed by atoms with van der Waals surface area (Å²) in [6.45, 7) is 8.00. The molecule has 2 heteroatoms. The van der Waals surface area contributed by atoms with Gasteiger partial charge in [-0.15, -0.1) is 11.8 Å². The molecule has 0 heterocycles. The Morgan fingerprint density at radius 3 is 2.60 bits per heavy atom. The highest BCUT2D eigenvalue weighted by molar-refractivity contribution is 7.98. The summed E-state index contributed by atoms with van der Waals surface area (Å²) in [6.07, 6.45) is 7.13. The summed E-state index contributed by atoms with van der Waals surface area (Å²) in [6, 6.07) is 9.37. The molecular formula is C18H27NS. The molecule has 0 aliphatic heterocycles. The number of allylic oxidation sites excluding steroid dienone is 2. The summed E-state index contributed by atoms with van der Waals surface area (Å²) >= 11 is 1.80. The molecule has 0 radical (unpaired) electrons. The number of hydrogen-bond acceptors (Lipinski definition) is 2. The van der Waals surface area contributed by atoms with E-state index in [1.54, 1.807) is 17.3 Å². The van der Waals surface area contributed by atoms with E-state index in [9.17, 15) is 0 Å². The van der Waals surface area contributed by atoms with Gasteiger partial charge in [0.1, 0.15) is 0 Å². The second-order valence-electron chi connectivity index (χ2n) is 6.20. The predicted octanol–water partition coefficient (Wildman–Crippen LogP) is 5.05. The quantitative estimate of drug-likeness (QED) is 0.601. The van der Waals surface area contributed by atoms with Crippen molar-refractivity contribution < 1.29 is 0 Å². The Labute approximate surface area is 128 Å². The van der Waals surface area contributed by atoms with Gasteiger partial charge in [0.25, 0.3) is 0 Å². The Hall–Kier alpha value is -0.730. The van der Waals surface area contributed by atoms with E-state index in [1.165, 1.54) is 23.3 Å². The lowest BCUT2D eigenvalue weighted by atomic mass is 9.83. The monoisotopic (exact) mass is 289 g/mol. The number of rotatable bonds is 5. The molecule has 0 aromatic heterocycles. The second-order valence-corrected chi connectivity index (χ2v) is 7.08. The van der Waals surface area contributed by atoms with Gasteiger partial charge in [-0.2, -0.15) is 0 Å². The van der Waals surface area contributed by atoms with Crippen LogP contribution in [0.2, 0.25) is 0 Å². The fourth-order valence-corrected chi connectivity index (χ4v) is 3.60. The van der Waals surface area contributed by atoms with Gasteiger partial charge < -0.3 is 5.32 Å². The molecule has 1 aromatic carbocycles. The molecule has 0 spiro atoms. The average Bonchev–Trinajstić information content (AvgIpc) is 2.44. The molecule has 1 aliphatic carbocycles. The molecule has 1 N–H and O–H groups in total. The molecule has 3 atom stereocenters. The van der Waals surface area contributed by atoms with E-state index in [0.717, 1.165) is 18.4 Å². The van der Waals surface area contributed by atoms with Gasteiger partial charge in [-0.1, -0.05) is 30.7 Å². The summed E-state index contributed by atoms with van der Waals surface area (Å²) in [4.78, 5) is 1.34. The largest absolute Gasteiger partial charge is 0.310 e. The van der Waals surface area contributed by atoms with Crippen molar-refractivity contribution in [1.82, 2.24) is 5.32 Å². The number of thioether (sulfide) groups is 1. The predicted molar refractivity (Wildman–Crippen MR) is 90.3 cm³/mol. The van der Waals surface area contributed by atoms with Crippen LogP contribution in [0.15, 0.2) is 40.8 Å². The molecule has 20 heavy (non-hydrogen) atoms. The van der Waals surface area contributed by atoms with Gasteiger partial charge in [-0.25, -0.2) is 0 Å². The summed E-state index contributed by atoms with van der Waals surface area (Å²) < 4.78 is 0. The molecule has 1 nitrogen and oxygen atoms in total. The Balaban J connectivity index is 1.85. The van der Waals surface area contributed by atoms with Gasteiger partial charge in [-0.3, -0.25) is 0 Å². The van der Waals surface area contributed by atoms with Crippen LogP contribution in [0, 0.1) is 11.8 Å². The molecular weight excluding hydrogens is 262 g/mol. The van der Waals surface area contributed by atoms with E-state index >= 15 is 0 Å². The summed E-state index contributed by atoms with van der Waals surface area (Å²) in [5.74, 6) is 1.54. The third kappa shape index (κ3) is 4.39. The van der Waals surface area contributed by atoms with Gasteiger partial charge in [0.05, 0.1) is 0 Å². The summed E-state index contributed by atoms with van der Waals surface area (Å²) in [5, 5.41) is 3.71. The normalized spacial score (nSPS) is 24.3. The van der Waals surface area contributed by atoms with Gasteiger partial charge in [0.2, 0.25) is 0 Å². The van der Waals surface area contributed by atoms with E-state index < -0.39 is 0 Å². The van der Waals surface area contributed by atoms with E-state index in [0.29, 0.717) is 6.04 Å². The zero-order valence-electron chi connectivity index (χ0n) is 13.1. The zero-order valence-corrected chi connectivity index (χ0v) is 14.0. The van der Waals surface area contributed by atoms with Crippen molar-refractivity contribution in [2.45, 2.75) is 44.6 Å². The first-order chi connectivity index (χ1) is 9.58. The minimum atomic E-state index is 0.437. The fraction of sp³-hybridized carbons (Fsp3) is 0.556. The van der Waals surface area contributed by atoms with Crippen LogP contribution in [0.4, 0.5) is 0 Å². The molecule has 0 saturated carbocycles. The minimum absolute atomic E-state index is 0.437. The van der Waals surface area contributed by atoms with Gasteiger partial charge in [0.15, 0.2) is 0 Å². The first-order valence-corrected chi connectivity index (χ1v) is 8.85. The summed E-state index contributed by atoms with van der Waals surface area (Å²) in [5.41, 5.74) is 2.95. The van der Waals surface area contributed by atoms with Crippen molar-refractivity contribution in [2.75, 3.05) is 12.8 Å². The molecule has 0 fully saturated rings. The maximum atomic E-state index is 3.71. The van der Waals surface area contributed by atoms with Crippen LogP contribution < -0.4 is 5.32 Å². The Bertz CT molecular complexity index is 449. The van der Waals surface area contributed by atoms with Crippen LogP contribution in [0.5, 0.6) is 0 Å². The lowest BCUT2D eigenvalue weighted by Crippen LogP contribution is -2.28. The summed E-state index contributed by atoms with van der Waals surface area (Å²) in [7, 11) is 0. The van der Waals surface area contributed by atoms with Crippen molar-refractivity contribution in [1.29, 1.82) is 0 Å². The molecule has 1 aromatic rings.